The van der Waals surface area contributed by atoms with Crippen LogP contribution < -0.4 is 15.1 Å². The van der Waals surface area contributed by atoms with Gasteiger partial charge in [-0.25, -0.2) is 14.6 Å². The van der Waals surface area contributed by atoms with Gasteiger partial charge in [0.1, 0.15) is 17.8 Å². The average Bonchev–Trinajstić information content (AvgIpc) is 3.26. The first kappa shape index (κ1) is 27.6. The van der Waals surface area contributed by atoms with Crippen LogP contribution in [0, 0.1) is 0 Å². The number of amides is 2. The number of hydrogen-bond donors (Lipinski definition) is 2. The highest BCUT2D eigenvalue weighted by atomic mass is 16.6. The molecule has 1 aliphatic carbocycles. The maximum atomic E-state index is 13.2. The minimum atomic E-state index is -1.06. The lowest BCUT2D eigenvalue weighted by Crippen LogP contribution is -2.33. The molecule has 11 heteroatoms. The van der Waals surface area contributed by atoms with Gasteiger partial charge in [-0.1, -0.05) is 30.4 Å². The highest BCUT2D eigenvalue weighted by molar-refractivity contribution is 6.11. The van der Waals surface area contributed by atoms with Gasteiger partial charge in [-0.2, -0.15) is 4.98 Å². The minimum absolute atomic E-state index is 0.165. The second-order valence-corrected chi connectivity index (χ2v) is 9.55. The lowest BCUT2D eigenvalue weighted by molar-refractivity contribution is -0.137. The number of fused-ring (bicyclic) bond motifs is 1. The molecule has 1 aromatic carbocycles. The molecule has 2 N–H and O–H groups in total. The molecule has 2 aliphatic rings. The lowest BCUT2D eigenvalue weighted by Gasteiger charge is -2.25. The van der Waals surface area contributed by atoms with Crippen LogP contribution in [-0.2, 0) is 16.1 Å². The fourth-order valence-corrected chi connectivity index (χ4v) is 4.50. The predicted molar refractivity (Wildman–Crippen MR) is 148 cm³/mol. The van der Waals surface area contributed by atoms with Crippen molar-refractivity contribution in [2.75, 3.05) is 42.3 Å². The van der Waals surface area contributed by atoms with Gasteiger partial charge in [0.05, 0.1) is 12.7 Å². The van der Waals surface area contributed by atoms with E-state index in [4.69, 9.17) is 4.74 Å². The molecule has 206 valence electrons. The number of carboxylic acid groups (broad SMARTS) is 1. The maximum Gasteiger partial charge on any atom is 0.409 e. The summed E-state index contributed by atoms with van der Waals surface area (Å²) in [6.45, 7) is 5.65. The molecule has 0 saturated heterocycles. The molecule has 4 rings (SSSR count). The first-order valence-electron chi connectivity index (χ1n) is 13.0. The third-order valence-electron chi connectivity index (χ3n) is 6.72. The number of aromatic nitrogens is 2. The molecule has 11 nitrogen and oxygen atoms in total. The number of allylic oxidation sites excluding steroid dienone is 1. The molecule has 0 radical (unpaired) electrons. The van der Waals surface area contributed by atoms with Crippen LogP contribution >= 0.6 is 0 Å². The monoisotopic (exact) mass is 534 g/mol. The Morgan fingerprint density at radius 3 is 2.59 bits per heavy atom. The number of benzene rings is 1. The fraction of sp³-hybridized carbons (Fsp3) is 0.393. The summed E-state index contributed by atoms with van der Waals surface area (Å²) in [6, 6.07) is 6.35. The van der Waals surface area contributed by atoms with E-state index in [1.807, 2.05) is 43.0 Å². The zero-order chi connectivity index (χ0) is 28.1. The number of rotatable bonds is 10. The highest BCUT2D eigenvalue weighted by Gasteiger charge is 2.32. The summed E-state index contributed by atoms with van der Waals surface area (Å²) < 4.78 is 5.38. The third-order valence-corrected chi connectivity index (χ3v) is 6.72. The summed E-state index contributed by atoms with van der Waals surface area (Å²) in [5.41, 5.74) is 2.70. The number of carbonyl (C=O) groups is 3. The van der Waals surface area contributed by atoms with E-state index in [1.54, 1.807) is 43.4 Å². The van der Waals surface area contributed by atoms with Gasteiger partial charge in [-0.05, 0) is 37.1 Å². The van der Waals surface area contributed by atoms with E-state index >= 15 is 0 Å². The van der Waals surface area contributed by atoms with E-state index in [1.165, 1.54) is 4.90 Å². The number of anilines is 3. The normalized spacial score (nSPS) is 16.8. The van der Waals surface area contributed by atoms with Crippen LogP contribution in [0.25, 0.3) is 0 Å². The van der Waals surface area contributed by atoms with Crippen molar-refractivity contribution in [1.82, 2.24) is 14.9 Å². The van der Waals surface area contributed by atoms with Crippen LogP contribution in [0.15, 0.2) is 54.3 Å². The smallest absolute Gasteiger partial charge is 0.409 e. The maximum absolute atomic E-state index is 13.2. The van der Waals surface area contributed by atoms with Crippen molar-refractivity contribution in [2.24, 2.45) is 0 Å². The van der Waals surface area contributed by atoms with Gasteiger partial charge in [0.2, 0.25) is 5.95 Å². The Morgan fingerprint density at radius 1 is 1.23 bits per heavy atom. The van der Waals surface area contributed by atoms with Gasteiger partial charge >= 0.3 is 12.1 Å². The Bertz CT molecular complexity index is 1300. The van der Waals surface area contributed by atoms with Crippen LogP contribution in [0.1, 0.15) is 42.6 Å². The first-order valence-corrected chi connectivity index (χ1v) is 13.0. The molecule has 1 aromatic heterocycles. The molecule has 39 heavy (non-hydrogen) atoms. The van der Waals surface area contributed by atoms with E-state index in [0.717, 1.165) is 11.1 Å². The van der Waals surface area contributed by atoms with Crippen molar-refractivity contribution < 1.29 is 24.2 Å². The second kappa shape index (κ2) is 12.0. The van der Waals surface area contributed by atoms with Crippen LogP contribution in [0.2, 0.25) is 0 Å². The Labute approximate surface area is 227 Å². The van der Waals surface area contributed by atoms with Crippen molar-refractivity contribution in [3.05, 3.63) is 65.4 Å². The average molecular weight is 535 g/mol. The molecule has 1 unspecified atom stereocenters. The number of hydrogen-bond acceptors (Lipinski definition) is 8. The summed E-state index contributed by atoms with van der Waals surface area (Å²) in [5, 5.41) is 13.2. The molecular weight excluding hydrogens is 500 g/mol. The zero-order valence-corrected chi connectivity index (χ0v) is 22.6. The van der Waals surface area contributed by atoms with E-state index in [2.05, 4.69) is 15.3 Å². The number of carbonyl (C=O) groups excluding carboxylic acids is 2. The number of aliphatic carboxylic acids is 1. The van der Waals surface area contributed by atoms with Crippen LogP contribution in [0.5, 0.6) is 0 Å². The SMILES string of the molecule is CCN(CC)c1ncc(N2Cc3ccccc3C2=O)c(N[C@@H](CC2=CCC(OC(=O)N(C)C)C=C2)C(=O)O)n1. The Kier molecular flexibility index (Phi) is 8.48. The van der Waals surface area contributed by atoms with Crippen molar-refractivity contribution in [3.63, 3.8) is 0 Å². The van der Waals surface area contributed by atoms with Crippen LogP contribution in [-0.4, -0.2) is 77.3 Å². The molecule has 0 bridgehead atoms. The Morgan fingerprint density at radius 2 is 1.97 bits per heavy atom. The molecule has 2 heterocycles. The van der Waals surface area contributed by atoms with Crippen LogP contribution in [0.4, 0.5) is 22.2 Å². The standard InChI is InChI=1S/C28H34N6O5/c1-5-33(6-2)27-29-16-23(34-17-19-9-7-8-10-21(19)25(34)35)24(31-27)30-22(26(36)37)15-18-11-13-20(14-12-18)39-28(38)32(3)4/h7-13,16,20,22H,5-6,14-15,17H2,1-4H3,(H,36,37)(H,29,30,31)/t20?,22-/m0/s1. The van der Waals surface area contributed by atoms with Gasteiger partial charge in [0.25, 0.3) is 5.91 Å². The minimum Gasteiger partial charge on any atom is -0.480 e. The molecular formula is C28H34N6O5. The van der Waals surface area contributed by atoms with E-state index in [-0.39, 0.29) is 18.1 Å². The van der Waals surface area contributed by atoms with Crippen molar-refractivity contribution in [3.8, 4) is 0 Å². The van der Waals surface area contributed by atoms with E-state index < -0.39 is 24.2 Å². The van der Waals surface area contributed by atoms with Gasteiger partial charge in [-0.15, -0.1) is 0 Å². The molecule has 0 fully saturated rings. The largest absolute Gasteiger partial charge is 0.480 e. The Hall–Kier alpha value is -4.41. The lowest BCUT2D eigenvalue weighted by atomic mass is 9.98. The van der Waals surface area contributed by atoms with E-state index in [9.17, 15) is 19.5 Å². The molecule has 1 aliphatic heterocycles. The molecule has 2 atom stereocenters. The summed E-state index contributed by atoms with van der Waals surface area (Å²) in [4.78, 5) is 51.5. The number of carboxylic acids is 1. The molecule has 0 saturated carbocycles. The number of nitrogens with one attached hydrogen (secondary N) is 1. The quantitative estimate of drug-likeness (QED) is 0.469. The summed E-state index contributed by atoms with van der Waals surface area (Å²) >= 11 is 0. The predicted octanol–water partition coefficient (Wildman–Crippen LogP) is 3.69. The summed E-state index contributed by atoms with van der Waals surface area (Å²) in [6.07, 6.45) is 6.74. The summed E-state index contributed by atoms with van der Waals surface area (Å²) in [5.74, 6) is -0.521. The van der Waals surface area contributed by atoms with Gasteiger partial charge in [-0.3, -0.25) is 9.69 Å². The first-order chi connectivity index (χ1) is 18.7. The fourth-order valence-electron chi connectivity index (χ4n) is 4.50. The Balaban J connectivity index is 1.58. The van der Waals surface area contributed by atoms with Crippen molar-refractivity contribution in [2.45, 2.75) is 45.4 Å². The van der Waals surface area contributed by atoms with E-state index in [0.29, 0.717) is 43.3 Å². The van der Waals surface area contributed by atoms with Crippen molar-refractivity contribution in [1.29, 1.82) is 0 Å². The van der Waals surface area contributed by atoms with Crippen LogP contribution in [0.3, 0.4) is 0 Å². The molecule has 2 amide bonds. The molecule has 2 aromatic rings. The number of ether oxygens (including phenoxy) is 1. The highest BCUT2D eigenvalue weighted by Crippen LogP contribution is 2.34. The van der Waals surface area contributed by atoms with Gasteiger partial charge in [0.15, 0.2) is 5.82 Å². The summed E-state index contributed by atoms with van der Waals surface area (Å²) in [7, 11) is 3.22. The van der Waals surface area contributed by atoms with Crippen molar-refractivity contribution >= 4 is 35.4 Å². The van der Waals surface area contributed by atoms with Gasteiger partial charge in [0, 0.05) is 45.6 Å². The third kappa shape index (κ3) is 6.19. The number of nitrogens with zero attached hydrogens (tertiary/aromatic N) is 5. The second-order valence-electron chi connectivity index (χ2n) is 9.55. The zero-order valence-electron chi connectivity index (χ0n) is 22.6. The van der Waals surface area contributed by atoms with Gasteiger partial charge < -0.3 is 25.0 Å². The molecule has 0 spiro atoms. The topological polar surface area (TPSA) is 128 Å².